The number of hydrogen-bond donors (Lipinski definition) is 4. The number of nitrogens with one attached hydrogen (secondary N) is 2. The molecule has 4 amide bonds. The Morgan fingerprint density at radius 2 is 0.978 bits per heavy atom. The van der Waals surface area contributed by atoms with Gasteiger partial charge in [-0.25, -0.2) is 38.8 Å². The summed E-state index contributed by atoms with van der Waals surface area (Å²) in [6.45, 7) is 0. The molecular formula is C30H26F2N6O8. The summed E-state index contributed by atoms with van der Waals surface area (Å²) < 4.78 is 39.4. The lowest BCUT2D eigenvalue weighted by Crippen LogP contribution is -2.99. The number of halogens is 2. The molecule has 0 aromatic heterocycles. The number of benzene rings is 4. The van der Waals surface area contributed by atoms with Crippen molar-refractivity contribution in [3.63, 3.8) is 0 Å². The highest BCUT2D eigenvalue weighted by molar-refractivity contribution is 6.05. The molecular weight excluding hydrogens is 610 g/mol. The molecule has 4 unspecified atom stereocenters. The van der Waals surface area contributed by atoms with Gasteiger partial charge in [-0.1, -0.05) is 24.3 Å². The van der Waals surface area contributed by atoms with Crippen LogP contribution in [0.1, 0.15) is 23.5 Å². The van der Waals surface area contributed by atoms with E-state index in [1.165, 1.54) is 26.4 Å². The standard InChI is InChI=1S/C30H26F2N6O8/c1-45-21-9-3-17(4-10-21)27-33(19-7-13-23(31)25(15-19)37(41)42)29(39)36-28(18-5-11-22(46-2)12-6-18)34(30(40)35(27)36)20-8-14-24(32)26(16-20)38(43)44/h3-16,27-28,37-38,41,43H,1-2H3. The van der Waals surface area contributed by atoms with Gasteiger partial charge in [0.1, 0.15) is 11.5 Å². The number of quaternary nitrogens is 2. The van der Waals surface area contributed by atoms with E-state index in [4.69, 9.17) is 9.47 Å². The summed E-state index contributed by atoms with van der Waals surface area (Å²) in [5.74, 6) is -1.09. The van der Waals surface area contributed by atoms with Crippen LogP contribution in [-0.4, -0.2) is 46.7 Å². The van der Waals surface area contributed by atoms with Gasteiger partial charge in [-0.05, 0) is 59.7 Å². The molecule has 0 saturated carbocycles. The highest BCUT2D eigenvalue weighted by Gasteiger charge is 2.60. The Balaban J connectivity index is 1.57. The minimum Gasteiger partial charge on any atom is -0.595 e. The zero-order valence-electron chi connectivity index (χ0n) is 24.1. The van der Waals surface area contributed by atoms with E-state index < -0.39 is 57.9 Å². The summed E-state index contributed by atoms with van der Waals surface area (Å²) in [6.07, 6.45) is -2.47. The second-order valence-electron chi connectivity index (χ2n) is 10.2. The third-order valence-electron chi connectivity index (χ3n) is 7.73. The molecule has 0 radical (unpaired) electrons. The molecule has 0 aliphatic carbocycles. The van der Waals surface area contributed by atoms with E-state index in [2.05, 4.69) is 0 Å². The third kappa shape index (κ3) is 5.00. The number of carbonyl (C=O) groups is 2. The molecule has 4 aromatic rings. The van der Waals surface area contributed by atoms with Crippen LogP contribution >= 0.6 is 0 Å². The van der Waals surface area contributed by atoms with Crippen molar-refractivity contribution in [1.82, 2.24) is 10.0 Å². The Hall–Kier alpha value is -5.36. The van der Waals surface area contributed by atoms with Gasteiger partial charge in [-0.3, -0.25) is 9.80 Å². The first-order valence-corrected chi connectivity index (χ1v) is 13.6. The molecule has 4 N–H and O–H groups in total. The van der Waals surface area contributed by atoms with Gasteiger partial charge in [-0.2, -0.15) is 10.5 Å². The van der Waals surface area contributed by atoms with E-state index in [9.17, 15) is 39.2 Å². The van der Waals surface area contributed by atoms with Crippen molar-refractivity contribution in [2.24, 2.45) is 0 Å². The number of hydrazine groups is 1. The maximum absolute atomic E-state index is 14.5. The van der Waals surface area contributed by atoms with Gasteiger partial charge in [-0.15, -0.1) is 0 Å². The van der Waals surface area contributed by atoms with Crippen molar-refractivity contribution in [3.8, 4) is 11.5 Å². The quantitative estimate of drug-likeness (QED) is 0.214. The normalized spacial score (nSPS) is 19.0. The molecule has 2 fully saturated rings. The third-order valence-corrected chi connectivity index (χ3v) is 7.73. The highest BCUT2D eigenvalue weighted by Crippen LogP contribution is 2.50. The molecule has 4 aromatic carbocycles. The zero-order chi connectivity index (χ0) is 32.9. The number of methoxy groups -OCH3 is 2. The number of hydrogen-bond acceptors (Lipinski definition) is 8. The summed E-state index contributed by atoms with van der Waals surface area (Å²) >= 11 is 0. The first-order valence-electron chi connectivity index (χ1n) is 13.6. The van der Waals surface area contributed by atoms with Crippen LogP contribution in [0, 0.1) is 22.0 Å². The fraction of sp³-hybridized carbons (Fsp3) is 0.133. The van der Waals surface area contributed by atoms with Crippen molar-refractivity contribution in [3.05, 3.63) is 118 Å². The maximum Gasteiger partial charge on any atom is 0.347 e. The predicted octanol–water partition coefficient (Wildman–Crippen LogP) is 3.29. The summed E-state index contributed by atoms with van der Waals surface area (Å²) in [5.41, 5.74) is -0.608. The summed E-state index contributed by atoms with van der Waals surface area (Å²) in [5, 5.41) is 42.0. The smallest absolute Gasteiger partial charge is 0.347 e. The molecule has 2 heterocycles. The van der Waals surface area contributed by atoms with Gasteiger partial charge in [0.15, 0.2) is 24.0 Å². The Labute approximate surface area is 259 Å². The van der Waals surface area contributed by atoms with E-state index in [1.807, 2.05) is 0 Å². The number of urea groups is 2. The van der Waals surface area contributed by atoms with E-state index in [0.29, 0.717) is 22.6 Å². The van der Waals surface area contributed by atoms with E-state index >= 15 is 0 Å². The number of carbonyl (C=O) groups excluding carboxylic acids is 2. The lowest BCUT2D eigenvalue weighted by Gasteiger charge is -2.30. The average molecular weight is 637 g/mol. The van der Waals surface area contributed by atoms with Crippen molar-refractivity contribution in [2.45, 2.75) is 12.3 Å². The Morgan fingerprint density at radius 1 is 0.630 bits per heavy atom. The number of fused-ring (bicyclic) bond motifs is 1. The summed E-state index contributed by atoms with van der Waals surface area (Å²) in [4.78, 5) is 31.3. The van der Waals surface area contributed by atoms with Crippen molar-refractivity contribution in [1.29, 1.82) is 0 Å². The van der Waals surface area contributed by atoms with Crippen LogP contribution in [0.4, 0.5) is 41.1 Å². The zero-order valence-corrected chi connectivity index (χ0v) is 24.1. The van der Waals surface area contributed by atoms with Crippen LogP contribution < -0.4 is 29.7 Å². The fourth-order valence-corrected chi connectivity index (χ4v) is 5.57. The van der Waals surface area contributed by atoms with Crippen molar-refractivity contribution >= 4 is 34.8 Å². The van der Waals surface area contributed by atoms with Gasteiger partial charge in [0.05, 0.1) is 25.6 Å². The molecule has 2 aliphatic heterocycles. The van der Waals surface area contributed by atoms with Crippen molar-refractivity contribution < 1.29 is 48.7 Å². The van der Waals surface area contributed by atoms with Crippen LogP contribution in [0.5, 0.6) is 11.5 Å². The number of nitrogens with zero attached hydrogens (tertiary/aromatic N) is 4. The predicted molar refractivity (Wildman–Crippen MR) is 155 cm³/mol. The van der Waals surface area contributed by atoms with Crippen LogP contribution in [-0.2, 0) is 0 Å². The molecule has 14 nitrogen and oxygen atoms in total. The Bertz CT molecular complexity index is 1660. The number of ether oxygens (including phenoxy) is 2. The van der Waals surface area contributed by atoms with E-state index in [-0.39, 0.29) is 11.4 Å². The molecule has 6 rings (SSSR count). The lowest BCUT2D eigenvalue weighted by atomic mass is 10.1. The molecule has 2 saturated heterocycles. The van der Waals surface area contributed by atoms with Crippen molar-refractivity contribution in [2.75, 3.05) is 24.0 Å². The number of rotatable bonds is 8. The van der Waals surface area contributed by atoms with Gasteiger partial charge in [0.25, 0.3) is 0 Å². The van der Waals surface area contributed by atoms with Gasteiger partial charge in [0.2, 0.25) is 11.4 Å². The second kappa shape index (κ2) is 11.9. The summed E-state index contributed by atoms with van der Waals surface area (Å²) in [7, 11) is 2.92. The molecule has 0 bridgehead atoms. The minimum atomic E-state index is -1.56. The Kier molecular flexibility index (Phi) is 7.90. The lowest BCUT2D eigenvalue weighted by molar-refractivity contribution is -0.992. The van der Waals surface area contributed by atoms with Gasteiger partial charge >= 0.3 is 12.1 Å². The molecule has 4 atom stereocenters. The first-order chi connectivity index (χ1) is 22.0. The fourth-order valence-electron chi connectivity index (χ4n) is 5.57. The summed E-state index contributed by atoms with van der Waals surface area (Å²) in [6, 6.07) is 17.5. The molecule has 238 valence electrons. The minimum absolute atomic E-state index is 0.0122. The van der Waals surface area contributed by atoms with E-state index in [1.54, 1.807) is 48.5 Å². The van der Waals surface area contributed by atoms with Crippen LogP contribution in [0.2, 0.25) is 0 Å². The monoisotopic (exact) mass is 636 g/mol. The molecule has 0 spiro atoms. The SMILES string of the molecule is COc1ccc(C2N(c3ccc(F)c([NH+]([O-])O)c3)C(=O)N3C(c4ccc(OC)cc4)N(c4ccc(F)c([NH+]([O-])O)c4)C(=O)N23)cc1. The number of anilines is 2. The molecule has 2 aliphatic rings. The average Bonchev–Trinajstić information content (AvgIpc) is 3.52. The maximum atomic E-state index is 14.5. The largest absolute Gasteiger partial charge is 0.595 e. The van der Waals surface area contributed by atoms with Crippen LogP contribution in [0.25, 0.3) is 0 Å². The van der Waals surface area contributed by atoms with Gasteiger partial charge < -0.3 is 19.9 Å². The topological polar surface area (TPSA) is 161 Å². The molecule has 46 heavy (non-hydrogen) atoms. The van der Waals surface area contributed by atoms with E-state index in [0.717, 1.165) is 44.1 Å². The van der Waals surface area contributed by atoms with Gasteiger partial charge in [0, 0.05) is 12.1 Å². The first kappa shape index (κ1) is 30.7. The highest BCUT2D eigenvalue weighted by atomic mass is 19.1. The second-order valence-corrected chi connectivity index (χ2v) is 10.2. The van der Waals surface area contributed by atoms with Crippen LogP contribution in [0.15, 0.2) is 84.9 Å². The number of amides is 4. The molecule has 16 heteroatoms. The Morgan fingerprint density at radius 3 is 1.28 bits per heavy atom. The van der Waals surface area contributed by atoms with Crippen LogP contribution in [0.3, 0.4) is 0 Å².